The molecule has 0 aromatic heterocycles. The number of hydrogen-bond donors (Lipinski definition) is 1. The third-order valence-corrected chi connectivity index (χ3v) is 4.12. The smallest absolute Gasteiger partial charge is 0.242 e. The zero-order chi connectivity index (χ0) is 15.9. The zero-order valence-electron chi connectivity index (χ0n) is 13.0. The molecule has 120 valence electrons. The summed E-state index contributed by atoms with van der Waals surface area (Å²) < 4.78 is 13.1. The Morgan fingerprint density at radius 3 is 2.68 bits per heavy atom. The molecule has 22 heavy (non-hydrogen) atoms. The van der Waals surface area contributed by atoms with E-state index in [0.717, 1.165) is 31.2 Å². The summed E-state index contributed by atoms with van der Waals surface area (Å²) in [7, 11) is 1.65. The van der Waals surface area contributed by atoms with E-state index in [-0.39, 0.29) is 30.1 Å². The lowest BCUT2D eigenvalue weighted by atomic mass is 9.89. The highest BCUT2D eigenvalue weighted by Crippen LogP contribution is 2.23. The third-order valence-electron chi connectivity index (χ3n) is 4.12. The predicted molar refractivity (Wildman–Crippen MR) is 82.5 cm³/mol. The summed E-state index contributed by atoms with van der Waals surface area (Å²) in [6.45, 7) is 0.330. The Bertz CT molecular complexity index is 527. The van der Waals surface area contributed by atoms with Crippen molar-refractivity contribution in [3.63, 3.8) is 0 Å². The van der Waals surface area contributed by atoms with Crippen LogP contribution in [0.1, 0.15) is 37.7 Å². The number of nitrogens with one attached hydrogen (secondary N) is 1. The zero-order valence-corrected chi connectivity index (χ0v) is 13.0. The fraction of sp³-hybridized carbons (Fsp3) is 0.529. The SMILES string of the molecule is CN(Cc1cccc(F)c1)C(=O)CNC(=O)C1CCCCC1. The number of nitrogens with zero attached hydrogens (tertiary/aromatic N) is 1. The maximum atomic E-state index is 13.1. The molecule has 0 unspecified atom stereocenters. The molecule has 0 atom stereocenters. The molecule has 0 bridgehead atoms. The first-order valence-corrected chi connectivity index (χ1v) is 7.82. The Labute approximate surface area is 130 Å². The molecule has 1 N–H and O–H groups in total. The van der Waals surface area contributed by atoms with Gasteiger partial charge < -0.3 is 10.2 Å². The van der Waals surface area contributed by atoms with Crippen molar-refractivity contribution in [3.05, 3.63) is 35.6 Å². The minimum Gasteiger partial charge on any atom is -0.347 e. The Hall–Kier alpha value is -1.91. The maximum absolute atomic E-state index is 13.1. The number of hydrogen-bond acceptors (Lipinski definition) is 2. The first-order valence-electron chi connectivity index (χ1n) is 7.82. The summed E-state index contributed by atoms with van der Waals surface area (Å²) in [6.07, 6.45) is 5.20. The molecule has 1 aliphatic carbocycles. The molecular formula is C17H23FN2O2. The number of halogens is 1. The molecule has 1 aromatic carbocycles. The molecule has 1 fully saturated rings. The van der Waals surface area contributed by atoms with Crippen LogP contribution < -0.4 is 5.32 Å². The lowest BCUT2D eigenvalue weighted by molar-refractivity contribution is -0.133. The van der Waals surface area contributed by atoms with Crippen molar-refractivity contribution in [2.75, 3.05) is 13.6 Å². The lowest BCUT2D eigenvalue weighted by Crippen LogP contribution is -2.40. The molecule has 0 spiro atoms. The Kier molecular flexibility index (Phi) is 5.92. The average Bonchev–Trinajstić information content (AvgIpc) is 2.53. The van der Waals surface area contributed by atoms with Gasteiger partial charge in [0, 0.05) is 19.5 Å². The lowest BCUT2D eigenvalue weighted by Gasteiger charge is -2.22. The average molecular weight is 306 g/mol. The van der Waals surface area contributed by atoms with E-state index < -0.39 is 0 Å². The van der Waals surface area contributed by atoms with E-state index in [4.69, 9.17) is 0 Å². The maximum Gasteiger partial charge on any atom is 0.242 e. The van der Waals surface area contributed by atoms with Crippen LogP contribution in [0.2, 0.25) is 0 Å². The van der Waals surface area contributed by atoms with Gasteiger partial charge in [-0.15, -0.1) is 0 Å². The van der Waals surface area contributed by atoms with Crippen LogP contribution in [0.3, 0.4) is 0 Å². The highest BCUT2D eigenvalue weighted by atomic mass is 19.1. The van der Waals surface area contributed by atoms with E-state index in [1.165, 1.54) is 23.5 Å². The molecule has 2 amide bonds. The molecule has 0 saturated heterocycles. The quantitative estimate of drug-likeness (QED) is 0.908. The highest BCUT2D eigenvalue weighted by molar-refractivity contribution is 5.85. The monoisotopic (exact) mass is 306 g/mol. The Morgan fingerprint density at radius 2 is 2.00 bits per heavy atom. The Morgan fingerprint density at radius 1 is 1.27 bits per heavy atom. The van der Waals surface area contributed by atoms with E-state index >= 15 is 0 Å². The van der Waals surface area contributed by atoms with Crippen molar-refractivity contribution in [2.45, 2.75) is 38.6 Å². The second-order valence-electron chi connectivity index (χ2n) is 5.93. The van der Waals surface area contributed by atoms with Gasteiger partial charge in [-0.25, -0.2) is 4.39 Å². The van der Waals surface area contributed by atoms with Gasteiger partial charge in [-0.3, -0.25) is 9.59 Å². The van der Waals surface area contributed by atoms with E-state index in [9.17, 15) is 14.0 Å². The normalized spacial score (nSPS) is 15.4. The second kappa shape index (κ2) is 7.92. The fourth-order valence-corrected chi connectivity index (χ4v) is 2.80. The van der Waals surface area contributed by atoms with Gasteiger partial charge in [0.1, 0.15) is 5.82 Å². The summed E-state index contributed by atoms with van der Waals surface area (Å²) >= 11 is 0. The summed E-state index contributed by atoms with van der Waals surface area (Å²) in [5.41, 5.74) is 0.731. The van der Waals surface area contributed by atoms with Crippen molar-refractivity contribution >= 4 is 11.8 Å². The molecular weight excluding hydrogens is 283 g/mol. The number of carbonyl (C=O) groups is 2. The fourth-order valence-electron chi connectivity index (χ4n) is 2.80. The van der Waals surface area contributed by atoms with Gasteiger partial charge >= 0.3 is 0 Å². The molecule has 1 aliphatic rings. The van der Waals surface area contributed by atoms with Gasteiger partial charge in [0.25, 0.3) is 0 Å². The van der Waals surface area contributed by atoms with Crippen molar-refractivity contribution in [1.82, 2.24) is 10.2 Å². The summed E-state index contributed by atoms with van der Waals surface area (Å²) in [5.74, 6) is -0.459. The topological polar surface area (TPSA) is 49.4 Å². The van der Waals surface area contributed by atoms with Gasteiger partial charge in [0.15, 0.2) is 0 Å². The Balaban J connectivity index is 1.77. The van der Waals surface area contributed by atoms with Gasteiger partial charge in [-0.05, 0) is 30.5 Å². The first-order chi connectivity index (χ1) is 10.6. The van der Waals surface area contributed by atoms with Crippen LogP contribution in [-0.4, -0.2) is 30.3 Å². The number of rotatable bonds is 5. The van der Waals surface area contributed by atoms with Crippen LogP contribution in [0, 0.1) is 11.7 Å². The van der Waals surface area contributed by atoms with Crippen LogP contribution >= 0.6 is 0 Å². The standard InChI is InChI=1S/C17H23FN2O2/c1-20(12-13-6-5-9-15(18)10-13)16(21)11-19-17(22)14-7-3-2-4-8-14/h5-6,9-10,14H,2-4,7-8,11-12H2,1H3,(H,19,22). The molecule has 1 saturated carbocycles. The second-order valence-corrected chi connectivity index (χ2v) is 5.93. The predicted octanol–water partition coefficient (Wildman–Crippen LogP) is 2.48. The molecule has 5 heteroatoms. The minimum absolute atomic E-state index is 0.00114. The number of likely N-dealkylation sites (N-methyl/N-ethyl adjacent to an activating group) is 1. The van der Waals surface area contributed by atoms with E-state index in [2.05, 4.69) is 5.32 Å². The summed E-state index contributed by atoms with van der Waals surface area (Å²) in [4.78, 5) is 25.5. The largest absolute Gasteiger partial charge is 0.347 e. The first kappa shape index (κ1) is 16.5. The van der Waals surface area contributed by atoms with Crippen LogP contribution in [0.15, 0.2) is 24.3 Å². The van der Waals surface area contributed by atoms with Gasteiger partial charge in [0.05, 0.1) is 6.54 Å². The minimum atomic E-state index is -0.316. The van der Waals surface area contributed by atoms with Crippen molar-refractivity contribution in [3.8, 4) is 0 Å². The van der Waals surface area contributed by atoms with Crippen molar-refractivity contribution in [2.24, 2.45) is 5.92 Å². The molecule has 1 aromatic rings. The number of carbonyl (C=O) groups excluding carboxylic acids is 2. The van der Waals surface area contributed by atoms with Crippen LogP contribution in [-0.2, 0) is 16.1 Å². The van der Waals surface area contributed by atoms with E-state index in [0.29, 0.717) is 6.54 Å². The summed E-state index contributed by atoms with van der Waals surface area (Å²) in [6, 6.07) is 6.17. The molecule has 4 nitrogen and oxygen atoms in total. The number of benzene rings is 1. The van der Waals surface area contributed by atoms with Crippen molar-refractivity contribution in [1.29, 1.82) is 0 Å². The molecule has 0 aliphatic heterocycles. The molecule has 0 heterocycles. The van der Waals surface area contributed by atoms with E-state index in [1.807, 2.05) is 0 Å². The van der Waals surface area contributed by atoms with Crippen molar-refractivity contribution < 1.29 is 14.0 Å². The van der Waals surface area contributed by atoms with Gasteiger partial charge in [0.2, 0.25) is 11.8 Å². The summed E-state index contributed by atoms with van der Waals surface area (Å²) in [5, 5.41) is 2.73. The van der Waals surface area contributed by atoms with Gasteiger partial charge in [-0.1, -0.05) is 31.4 Å². The number of amides is 2. The van der Waals surface area contributed by atoms with Gasteiger partial charge in [-0.2, -0.15) is 0 Å². The molecule has 0 radical (unpaired) electrons. The van der Waals surface area contributed by atoms with Crippen LogP contribution in [0.5, 0.6) is 0 Å². The van der Waals surface area contributed by atoms with Crippen LogP contribution in [0.4, 0.5) is 4.39 Å². The third kappa shape index (κ3) is 4.83. The molecule has 2 rings (SSSR count). The van der Waals surface area contributed by atoms with E-state index in [1.54, 1.807) is 19.2 Å². The highest BCUT2D eigenvalue weighted by Gasteiger charge is 2.21. The van der Waals surface area contributed by atoms with Crippen LogP contribution in [0.25, 0.3) is 0 Å².